The molecule has 5 rings (SSSR count). The van der Waals surface area contributed by atoms with Gasteiger partial charge in [-0.3, -0.25) is 4.90 Å². The highest BCUT2D eigenvalue weighted by Gasteiger charge is 2.25. The molecule has 3 nitrogen and oxygen atoms in total. The summed E-state index contributed by atoms with van der Waals surface area (Å²) < 4.78 is 13.2. The maximum Gasteiger partial charge on any atom is 0.123 e. The Morgan fingerprint density at radius 3 is 1.58 bits per heavy atom. The van der Waals surface area contributed by atoms with Crippen LogP contribution in [0.4, 0.5) is 4.39 Å². The van der Waals surface area contributed by atoms with Crippen LogP contribution in [0, 0.1) is 5.82 Å². The van der Waals surface area contributed by atoms with Crippen LogP contribution >= 0.6 is 23.2 Å². The predicted octanol–water partition coefficient (Wildman–Crippen LogP) is 6.77. The zero-order chi connectivity index (χ0) is 21.4. The van der Waals surface area contributed by atoms with Crippen molar-refractivity contribution in [3.05, 3.63) is 106 Å². The van der Waals surface area contributed by atoms with Gasteiger partial charge >= 0.3 is 0 Å². The minimum atomic E-state index is -0.225. The first-order valence-corrected chi connectivity index (χ1v) is 10.7. The summed E-state index contributed by atoms with van der Waals surface area (Å²) in [5, 5.41) is 1.35. The largest absolute Gasteiger partial charge is 0.287 e. The molecule has 1 aromatic heterocycles. The van der Waals surface area contributed by atoms with Gasteiger partial charge in [-0.1, -0.05) is 59.6 Å². The number of fused-ring (bicyclic) bond motifs is 1. The first kappa shape index (κ1) is 20.1. The van der Waals surface area contributed by atoms with Gasteiger partial charge in [-0.05, 0) is 42.0 Å². The molecular formula is C25H18Cl2FN3. The summed E-state index contributed by atoms with van der Waals surface area (Å²) in [4.78, 5) is 12.3. The van der Waals surface area contributed by atoms with E-state index in [1.165, 1.54) is 12.1 Å². The predicted molar refractivity (Wildman–Crippen MR) is 122 cm³/mol. The highest BCUT2D eigenvalue weighted by atomic mass is 35.5. The molecule has 0 spiro atoms. The molecule has 154 valence electrons. The lowest BCUT2D eigenvalue weighted by Gasteiger charge is -2.13. The summed E-state index contributed by atoms with van der Waals surface area (Å²) in [5.41, 5.74) is 6.55. The van der Waals surface area contributed by atoms with Crippen molar-refractivity contribution in [3.63, 3.8) is 0 Å². The number of benzene rings is 3. The molecule has 0 N–H and O–H groups in total. The SMILES string of the molecule is Fc1ccc(CN2Cc3nc(-c4ccc(Cl)cc4)c(-c4ccc(Cl)cc4)nc3C2)cc1. The molecule has 2 heterocycles. The molecule has 0 amide bonds. The van der Waals surface area contributed by atoms with Crippen LogP contribution in [0.5, 0.6) is 0 Å². The molecule has 0 bridgehead atoms. The average molecular weight is 450 g/mol. The van der Waals surface area contributed by atoms with Gasteiger partial charge in [-0.2, -0.15) is 0 Å². The van der Waals surface area contributed by atoms with Crippen LogP contribution in [0.1, 0.15) is 17.0 Å². The van der Waals surface area contributed by atoms with E-state index in [9.17, 15) is 4.39 Å². The minimum Gasteiger partial charge on any atom is -0.287 e. The van der Waals surface area contributed by atoms with Crippen molar-refractivity contribution in [1.29, 1.82) is 0 Å². The number of hydrogen-bond acceptors (Lipinski definition) is 3. The summed E-state index contributed by atoms with van der Waals surface area (Å²) >= 11 is 12.2. The van der Waals surface area contributed by atoms with E-state index < -0.39 is 0 Å². The average Bonchev–Trinajstić information content (AvgIpc) is 3.17. The third kappa shape index (κ3) is 4.33. The maximum atomic E-state index is 13.2. The van der Waals surface area contributed by atoms with Crippen LogP contribution < -0.4 is 0 Å². The number of rotatable bonds is 4. The zero-order valence-electron chi connectivity index (χ0n) is 16.5. The maximum absolute atomic E-state index is 13.2. The van der Waals surface area contributed by atoms with Crippen LogP contribution in [0.2, 0.25) is 10.0 Å². The topological polar surface area (TPSA) is 29.0 Å². The van der Waals surface area contributed by atoms with Gasteiger partial charge in [0.25, 0.3) is 0 Å². The lowest BCUT2D eigenvalue weighted by molar-refractivity contribution is 0.272. The second-order valence-electron chi connectivity index (χ2n) is 7.60. The van der Waals surface area contributed by atoms with Crippen molar-refractivity contribution >= 4 is 23.2 Å². The molecule has 31 heavy (non-hydrogen) atoms. The van der Waals surface area contributed by atoms with Crippen molar-refractivity contribution in [2.75, 3.05) is 0 Å². The highest BCUT2D eigenvalue weighted by molar-refractivity contribution is 6.31. The Kier molecular flexibility index (Phi) is 5.45. The summed E-state index contributed by atoms with van der Waals surface area (Å²) in [6.07, 6.45) is 0. The van der Waals surface area contributed by atoms with Gasteiger partial charge in [0.2, 0.25) is 0 Å². The van der Waals surface area contributed by atoms with Gasteiger partial charge in [-0.25, -0.2) is 14.4 Å². The standard InChI is InChI=1S/C25H18Cl2FN3/c26-19-7-3-17(4-8-19)24-25(18-5-9-20(27)10-6-18)30-23-15-31(14-22(23)29-24)13-16-1-11-21(28)12-2-16/h1-12H,13-15H2. The molecule has 0 aliphatic carbocycles. The molecular weight excluding hydrogens is 432 g/mol. The van der Waals surface area contributed by atoms with E-state index in [-0.39, 0.29) is 5.82 Å². The van der Waals surface area contributed by atoms with E-state index in [1.807, 2.05) is 60.7 Å². The quantitative estimate of drug-likeness (QED) is 0.344. The van der Waals surface area contributed by atoms with Crippen molar-refractivity contribution in [3.8, 4) is 22.5 Å². The van der Waals surface area contributed by atoms with Crippen molar-refractivity contribution in [2.24, 2.45) is 0 Å². The van der Waals surface area contributed by atoms with Crippen molar-refractivity contribution < 1.29 is 4.39 Å². The Labute approximate surface area is 190 Å². The fraction of sp³-hybridized carbons (Fsp3) is 0.120. The fourth-order valence-corrected chi connectivity index (χ4v) is 4.07. The molecule has 0 saturated carbocycles. The second-order valence-corrected chi connectivity index (χ2v) is 8.47. The fourth-order valence-electron chi connectivity index (χ4n) is 3.82. The van der Waals surface area contributed by atoms with Crippen LogP contribution in [-0.2, 0) is 19.6 Å². The molecule has 4 aromatic rings. The van der Waals surface area contributed by atoms with Gasteiger partial charge in [0, 0.05) is 40.8 Å². The Morgan fingerprint density at radius 1 is 0.677 bits per heavy atom. The molecule has 0 atom stereocenters. The number of aromatic nitrogens is 2. The smallest absolute Gasteiger partial charge is 0.123 e. The van der Waals surface area contributed by atoms with Gasteiger partial charge in [0.05, 0.1) is 22.8 Å². The first-order valence-electron chi connectivity index (χ1n) is 9.93. The monoisotopic (exact) mass is 449 g/mol. The zero-order valence-corrected chi connectivity index (χ0v) is 18.0. The van der Waals surface area contributed by atoms with Crippen LogP contribution in [0.15, 0.2) is 72.8 Å². The van der Waals surface area contributed by atoms with Crippen LogP contribution in [-0.4, -0.2) is 14.9 Å². The van der Waals surface area contributed by atoms with E-state index in [4.69, 9.17) is 33.2 Å². The molecule has 6 heteroatoms. The summed E-state index contributed by atoms with van der Waals surface area (Å²) in [5.74, 6) is -0.225. The Bertz CT molecular complexity index is 1150. The van der Waals surface area contributed by atoms with Gasteiger partial charge in [0.1, 0.15) is 5.82 Å². The van der Waals surface area contributed by atoms with Gasteiger partial charge in [0.15, 0.2) is 0 Å². The van der Waals surface area contributed by atoms with E-state index in [0.29, 0.717) is 29.7 Å². The second kappa shape index (κ2) is 8.39. The lowest BCUT2D eigenvalue weighted by atomic mass is 10.0. The molecule has 0 saturated heterocycles. The molecule has 0 radical (unpaired) electrons. The summed E-state index contributed by atoms with van der Waals surface area (Å²) in [7, 11) is 0. The minimum absolute atomic E-state index is 0.225. The Balaban J connectivity index is 1.52. The lowest BCUT2D eigenvalue weighted by Crippen LogP contribution is -2.15. The van der Waals surface area contributed by atoms with Crippen molar-refractivity contribution in [1.82, 2.24) is 14.9 Å². The molecule has 0 fully saturated rings. The highest BCUT2D eigenvalue weighted by Crippen LogP contribution is 2.34. The Morgan fingerprint density at radius 2 is 1.13 bits per heavy atom. The van der Waals surface area contributed by atoms with E-state index in [1.54, 1.807) is 0 Å². The number of nitrogens with zero attached hydrogens (tertiary/aromatic N) is 3. The van der Waals surface area contributed by atoms with Crippen LogP contribution in [0.3, 0.4) is 0 Å². The molecule has 1 aliphatic heterocycles. The van der Waals surface area contributed by atoms with E-state index in [2.05, 4.69) is 4.90 Å². The Hall–Kier alpha value is -2.79. The van der Waals surface area contributed by atoms with Gasteiger partial charge in [-0.15, -0.1) is 0 Å². The third-order valence-corrected chi connectivity index (χ3v) is 5.86. The summed E-state index contributed by atoms with van der Waals surface area (Å²) in [6.45, 7) is 2.10. The van der Waals surface area contributed by atoms with Gasteiger partial charge < -0.3 is 0 Å². The van der Waals surface area contributed by atoms with E-state index >= 15 is 0 Å². The number of halogens is 3. The number of hydrogen-bond donors (Lipinski definition) is 0. The van der Waals surface area contributed by atoms with Crippen LogP contribution in [0.25, 0.3) is 22.5 Å². The molecule has 0 unspecified atom stereocenters. The van der Waals surface area contributed by atoms with Crippen molar-refractivity contribution in [2.45, 2.75) is 19.6 Å². The van der Waals surface area contributed by atoms with E-state index in [0.717, 1.165) is 39.5 Å². The normalized spacial score (nSPS) is 13.4. The third-order valence-electron chi connectivity index (χ3n) is 5.35. The molecule has 3 aromatic carbocycles. The molecule has 1 aliphatic rings. The first-order chi connectivity index (χ1) is 15.0. The summed E-state index contributed by atoms with van der Waals surface area (Å²) in [6, 6.07) is 21.9.